The average molecular weight is 271 g/mol. The fraction of sp³-hybridized carbons (Fsp3) is 0.750. The van der Waals surface area contributed by atoms with Crippen LogP contribution in [0.2, 0.25) is 0 Å². The van der Waals surface area contributed by atoms with Crippen LogP contribution >= 0.6 is 15.9 Å². The van der Waals surface area contributed by atoms with Crippen molar-refractivity contribution in [1.29, 1.82) is 0 Å². The molecule has 1 saturated carbocycles. The Morgan fingerprint density at radius 3 is 2.93 bits per heavy atom. The van der Waals surface area contributed by atoms with E-state index in [1.165, 1.54) is 38.5 Å². The summed E-state index contributed by atoms with van der Waals surface area (Å²) < 4.78 is 0. The van der Waals surface area contributed by atoms with E-state index in [1.54, 1.807) is 0 Å². The average Bonchev–Trinajstić information content (AvgIpc) is 2.86. The predicted octanol–water partition coefficient (Wildman–Crippen LogP) is 3.69. The molecule has 1 N–H and O–H groups in total. The van der Waals surface area contributed by atoms with Gasteiger partial charge in [0, 0.05) is 23.6 Å². The molecular formula is C12H19BrN2. The zero-order chi connectivity index (χ0) is 10.5. The highest BCUT2D eigenvalue weighted by Crippen LogP contribution is 2.30. The molecule has 0 amide bonds. The molecule has 0 spiro atoms. The van der Waals surface area contributed by atoms with Crippen molar-refractivity contribution in [2.24, 2.45) is 5.92 Å². The van der Waals surface area contributed by atoms with Gasteiger partial charge in [0.2, 0.25) is 0 Å². The fourth-order valence-electron chi connectivity index (χ4n) is 2.44. The first kappa shape index (κ1) is 11.2. The topological polar surface area (TPSA) is 28.7 Å². The largest absolute Gasteiger partial charge is 0.349 e. The van der Waals surface area contributed by atoms with Gasteiger partial charge in [-0.2, -0.15) is 0 Å². The van der Waals surface area contributed by atoms with E-state index >= 15 is 0 Å². The van der Waals surface area contributed by atoms with E-state index in [0.29, 0.717) is 4.83 Å². The monoisotopic (exact) mass is 270 g/mol. The van der Waals surface area contributed by atoms with Gasteiger partial charge in [0.25, 0.3) is 0 Å². The maximum atomic E-state index is 4.25. The van der Waals surface area contributed by atoms with Crippen molar-refractivity contribution < 1.29 is 0 Å². The number of alkyl halides is 1. The van der Waals surface area contributed by atoms with Crippen LogP contribution in [0.1, 0.15) is 44.3 Å². The summed E-state index contributed by atoms with van der Waals surface area (Å²) in [7, 11) is 0. The van der Waals surface area contributed by atoms with E-state index in [2.05, 4.69) is 25.9 Å². The molecule has 2 rings (SSSR count). The van der Waals surface area contributed by atoms with Crippen LogP contribution in [0.25, 0.3) is 0 Å². The Kier molecular flexibility index (Phi) is 4.24. The van der Waals surface area contributed by atoms with Crippen molar-refractivity contribution >= 4 is 15.9 Å². The number of aromatic amines is 1. The highest BCUT2D eigenvalue weighted by atomic mass is 79.9. The molecule has 3 heteroatoms. The van der Waals surface area contributed by atoms with E-state index in [-0.39, 0.29) is 0 Å². The summed E-state index contributed by atoms with van der Waals surface area (Å²) in [4.78, 5) is 7.99. The van der Waals surface area contributed by atoms with Crippen molar-refractivity contribution in [2.45, 2.75) is 49.8 Å². The van der Waals surface area contributed by atoms with Gasteiger partial charge in [-0.3, -0.25) is 0 Å². The molecule has 0 saturated heterocycles. The molecule has 0 bridgehead atoms. The first-order chi connectivity index (χ1) is 7.34. The van der Waals surface area contributed by atoms with Gasteiger partial charge in [-0.25, -0.2) is 4.98 Å². The maximum absolute atomic E-state index is 4.25. The molecule has 1 heterocycles. The van der Waals surface area contributed by atoms with Crippen molar-refractivity contribution in [2.75, 3.05) is 0 Å². The van der Waals surface area contributed by atoms with Crippen molar-refractivity contribution in [3.05, 3.63) is 18.2 Å². The van der Waals surface area contributed by atoms with E-state index < -0.39 is 0 Å². The van der Waals surface area contributed by atoms with Gasteiger partial charge < -0.3 is 4.98 Å². The number of nitrogens with one attached hydrogen (secondary N) is 1. The lowest BCUT2D eigenvalue weighted by Gasteiger charge is -2.12. The molecule has 1 fully saturated rings. The molecule has 0 aromatic carbocycles. The normalized spacial score (nSPS) is 19.5. The smallest absolute Gasteiger partial charge is 0.107 e. The van der Waals surface area contributed by atoms with Gasteiger partial charge in [0.15, 0.2) is 0 Å². The van der Waals surface area contributed by atoms with Crippen LogP contribution < -0.4 is 0 Å². The first-order valence-corrected chi connectivity index (χ1v) is 6.88. The van der Waals surface area contributed by atoms with Crippen molar-refractivity contribution in [1.82, 2.24) is 9.97 Å². The second kappa shape index (κ2) is 5.69. The lowest BCUT2D eigenvalue weighted by Crippen LogP contribution is -2.06. The number of H-pyrrole nitrogens is 1. The Bertz CT molecular complexity index is 265. The Morgan fingerprint density at radius 2 is 2.27 bits per heavy atom. The minimum Gasteiger partial charge on any atom is -0.349 e. The summed E-state index contributed by atoms with van der Waals surface area (Å²) in [5.74, 6) is 2.10. The van der Waals surface area contributed by atoms with E-state index in [9.17, 15) is 0 Å². The molecule has 1 aromatic rings. The van der Waals surface area contributed by atoms with Crippen LogP contribution in [0.5, 0.6) is 0 Å². The summed E-state index contributed by atoms with van der Waals surface area (Å²) in [6.45, 7) is 0. The maximum Gasteiger partial charge on any atom is 0.107 e. The third-order valence-electron chi connectivity index (χ3n) is 3.33. The first-order valence-electron chi connectivity index (χ1n) is 5.97. The minimum atomic E-state index is 0.587. The molecule has 2 nitrogen and oxygen atoms in total. The van der Waals surface area contributed by atoms with E-state index in [0.717, 1.165) is 18.2 Å². The van der Waals surface area contributed by atoms with E-state index in [4.69, 9.17) is 0 Å². The molecular weight excluding hydrogens is 252 g/mol. The van der Waals surface area contributed by atoms with Crippen molar-refractivity contribution in [3.8, 4) is 0 Å². The molecule has 1 aliphatic rings. The van der Waals surface area contributed by atoms with Gasteiger partial charge >= 0.3 is 0 Å². The lowest BCUT2D eigenvalue weighted by atomic mass is 10.00. The van der Waals surface area contributed by atoms with Crippen molar-refractivity contribution in [3.63, 3.8) is 0 Å². The van der Waals surface area contributed by atoms with Crippen LogP contribution in [0.3, 0.4) is 0 Å². The van der Waals surface area contributed by atoms with Crippen LogP contribution in [-0.4, -0.2) is 14.8 Å². The highest BCUT2D eigenvalue weighted by molar-refractivity contribution is 9.09. The quantitative estimate of drug-likeness (QED) is 0.813. The third-order valence-corrected chi connectivity index (χ3v) is 4.11. The number of halogens is 1. The second-order valence-electron chi connectivity index (χ2n) is 4.57. The summed E-state index contributed by atoms with van der Waals surface area (Å²) in [6, 6.07) is 0. The van der Waals surface area contributed by atoms with Gasteiger partial charge in [-0.05, 0) is 18.8 Å². The van der Waals surface area contributed by atoms with Gasteiger partial charge in [0.05, 0.1) is 0 Å². The molecule has 1 unspecified atom stereocenters. The van der Waals surface area contributed by atoms with Crippen LogP contribution in [0.4, 0.5) is 0 Å². The fourth-order valence-corrected chi connectivity index (χ4v) is 3.01. The molecule has 84 valence electrons. The number of hydrogen-bond donors (Lipinski definition) is 1. The number of imidazole rings is 1. The molecule has 0 aliphatic heterocycles. The summed E-state index contributed by atoms with van der Waals surface area (Å²) >= 11 is 3.75. The SMILES string of the molecule is BrC(CCC1CCCC1)Cc1ncc[nH]1. The molecule has 1 atom stereocenters. The number of hydrogen-bond acceptors (Lipinski definition) is 1. The number of rotatable bonds is 5. The minimum absolute atomic E-state index is 0.587. The molecule has 1 aromatic heterocycles. The van der Waals surface area contributed by atoms with Crippen LogP contribution in [0, 0.1) is 5.92 Å². The highest BCUT2D eigenvalue weighted by Gasteiger charge is 2.16. The summed E-state index contributed by atoms with van der Waals surface area (Å²) in [6.07, 6.45) is 13.2. The third kappa shape index (κ3) is 3.63. The zero-order valence-corrected chi connectivity index (χ0v) is 10.7. The molecule has 15 heavy (non-hydrogen) atoms. The predicted molar refractivity (Wildman–Crippen MR) is 66.2 cm³/mol. The standard InChI is InChI=1S/C12H19BrN2/c13-11(9-12-14-7-8-15-12)6-5-10-3-1-2-4-10/h7-8,10-11H,1-6,9H2,(H,14,15). The lowest BCUT2D eigenvalue weighted by molar-refractivity contribution is 0.478. The van der Waals surface area contributed by atoms with Gasteiger partial charge in [-0.15, -0.1) is 0 Å². The zero-order valence-electron chi connectivity index (χ0n) is 9.08. The Balaban J connectivity index is 1.66. The van der Waals surface area contributed by atoms with E-state index in [1.807, 2.05) is 12.4 Å². The number of nitrogens with zero attached hydrogens (tertiary/aromatic N) is 1. The van der Waals surface area contributed by atoms with Crippen LogP contribution in [0.15, 0.2) is 12.4 Å². The second-order valence-corrected chi connectivity index (χ2v) is 5.86. The Labute approximate surface area is 100 Å². The number of aromatic nitrogens is 2. The summed E-state index contributed by atoms with van der Waals surface area (Å²) in [5, 5.41) is 0. The molecule has 0 radical (unpaired) electrons. The Hall–Kier alpha value is -0.310. The van der Waals surface area contributed by atoms with Gasteiger partial charge in [0.1, 0.15) is 5.82 Å². The Morgan fingerprint density at radius 1 is 1.47 bits per heavy atom. The van der Waals surface area contributed by atoms with Gasteiger partial charge in [-0.1, -0.05) is 41.6 Å². The van der Waals surface area contributed by atoms with Crippen LogP contribution in [-0.2, 0) is 6.42 Å². The summed E-state index contributed by atoms with van der Waals surface area (Å²) in [5.41, 5.74) is 0. The molecule has 1 aliphatic carbocycles.